The highest BCUT2D eigenvalue weighted by molar-refractivity contribution is 4.91. The van der Waals surface area contributed by atoms with Crippen LogP contribution in [0.4, 0.5) is 0 Å². The van der Waals surface area contributed by atoms with Gasteiger partial charge in [0.05, 0.1) is 39.1 Å². The molecule has 0 N–H and O–H groups in total. The second-order valence-electron chi connectivity index (χ2n) is 34.8. The molecule has 9 rings (SSSR count). The van der Waals surface area contributed by atoms with Crippen LogP contribution in [0.15, 0.2) is 0 Å². The van der Waals surface area contributed by atoms with Crippen molar-refractivity contribution >= 4 is 0 Å². The van der Waals surface area contributed by atoms with E-state index in [1.807, 2.05) is 0 Å². The third-order valence-electron chi connectivity index (χ3n) is 20.8. The van der Waals surface area contributed by atoms with E-state index in [9.17, 15) is 0 Å². The second-order valence-corrected chi connectivity index (χ2v) is 34.8. The standard InChI is InChI=1S/2C12H24N2.C11H24N2O.C11H24N2.C10H22N2.C10H21NO2.C8H17NO.CH4/c2*1-12(2,3)14-9-7-13(8-10-14)11-5-4-6-11;1-11(2,3)13-7-5-12(6-8-13)9-10-14-4;1-10(2)12-6-8-13(9-7-12)11(3,4)5;1-5-11-6-8-12(9-7-11)10(2,3)4;1-10(2,3)11-5-6-13-9(7-11)8-12-4;1-8(2,3)9-4-6-10-7-5-9;/h2*11H,4-10H2,1-3H3;5-10H2,1-4H3;10H,6-9H2,1-5H3;5-9H2,1-4H3;9H,5-8H2,1-4H3;4-7H2,1-3H3;1H4/t;;;;;9-;;/m.....0../s1. The predicted octanol–water partition coefficient (Wildman–Crippen LogP) is 11.1. The van der Waals surface area contributed by atoms with Crippen LogP contribution in [-0.2, 0) is 18.9 Å². The largest absolute Gasteiger partial charge is 0.383 e. The molecule has 16 nitrogen and oxygen atoms in total. The third-order valence-corrected chi connectivity index (χ3v) is 20.8. The summed E-state index contributed by atoms with van der Waals surface area (Å²) in [5, 5.41) is 0. The number of nitrogens with zero attached hydrogens (tertiary/aromatic N) is 12. The van der Waals surface area contributed by atoms with Crippen LogP contribution in [0.2, 0.25) is 0 Å². The van der Waals surface area contributed by atoms with Crippen molar-refractivity contribution < 1.29 is 18.9 Å². The van der Waals surface area contributed by atoms with Gasteiger partial charge in [-0.05, 0) is 191 Å². The highest BCUT2D eigenvalue weighted by atomic mass is 16.5. The molecule has 0 aromatic heterocycles. The van der Waals surface area contributed by atoms with Gasteiger partial charge in [0.15, 0.2) is 0 Å². The number of methoxy groups -OCH3 is 2. The lowest BCUT2D eigenvalue weighted by molar-refractivity contribution is -0.0829. The van der Waals surface area contributed by atoms with Crippen molar-refractivity contribution in [3.8, 4) is 0 Å². The van der Waals surface area contributed by atoms with Crippen molar-refractivity contribution in [3.63, 3.8) is 0 Å². The van der Waals surface area contributed by atoms with Crippen LogP contribution < -0.4 is 0 Å². The van der Waals surface area contributed by atoms with Crippen molar-refractivity contribution in [2.45, 2.75) is 275 Å². The summed E-state index contributed by atoms with van der Waals surface area (Å²) in [6, 6.07) is 2.59. The first-order valence-electron chi connectivity index (χ1n) is 36.9. The molecule has 0 spiro atoms. The quantitative estimate of drug-likeness (QED) is 0.220. The number of likely N-dealkylation sites (N-methyl/N-ethyl adjacent to an activating group) is 1. The van der Waals surface area contributed by atoms with Gasteiger partial charge in [0.1, 0.15) is 0 Å². The molecule has 9 fully saturated rings. The summed E-state index contributed by atoms with van der Waals surface area (Å²) in [4.78, 5) is 30.8. The Kier molecular flexibility index (Phi) is 39.0. The van der Waals surface area contributed by atoms with Gasteiger partial charge in [-0.25, -0.2) is 0 Å². The van der Waals surface area contributed by atoms with E-state index < -0.39 is 0 Å². The molecule has 0 aromatic rings. The van der Waals surface area contributed by atoms with Gasteiger partial charge in [0, 0.05) is 235 Å². The van der Waals surface area contributed by atoms with Gasteiger partial charge in [-0.15, -0.1) is 0 Å². The Labute approximate surface area is 567 Å². The monoisotopic (exact) mass is 1290 g/mol. The highest BCUT2D eigenvalue weighted by Gasteiger charge is 2.35. The van der Waals surface area contributed by atoms with E-state index in [0.29, 0.717) is 45.9 Å². The number of rotatable bonds is 9. The minimum atomic E-state index is 0. The zero-order chi connectivity index (χ0) is 67.7. The smallest absolute Gasteiger partial charge is 0.0935 e. The van der Waals surface area contributed by atoms with E-state index >= 15 is 0 Å². The fourth-order valence-corrected chi connectivity index (χ4v) is 13.4. The van der Waals surface area contributed by atoms with Crippen LogP contribution in [0.1, 0.15) is 212 Å². The van der Waals surface area contributed by atoms with Crippen LogP contribution in [0.25, 0.3) is 0 Å². The molecule has 2 saturated carbocycles. The molecule has 16 heteroatoms. The van der Waals surface area contributed by atoms with Gasteiger partial charge < -0.3 is 23.8 Å². The molecule has 0 aromatic carbocycles. The maximum Gasteiger partial charge on any atom is 0.0935 e. The van der Waals surface area contributed by atoms with Crippen LogP contribution in [0, 0.1) is 0 Å². The normalized spacial score (nSPS) is 24.4. The summed E-state index contributed by atoms with van der Waals surface area (Å²) in [6.45, 7) is 90.4. The summed E-state index contributed by atoms with van der Waals surface area (Å²) in [5.41, 5.74) is 2.34. The van der Waals surface area contributed by atoms with Crippen molar-refractivity contribution in [2.24, 2.45) is 0 Å². The first kappa shape index (κ1) is 86.4. The molecule has 544 valence electrons. The van der Waals surface area contributed by atoms with Crippen LogP contribution in [0.5, 0.6) is 0 Å². The van der Waals surface area contributed by atoms with E-state index in [-0.39, 0.29) is 19.1 Å². The lowest BCUT2D eigenvalue weighted by atomic mass is 9.91. The van der Waals surface area contributed by atoms with Crippen molar-refractivity contribution in [2.75, 3.05) is 217 Å². The minimum Gasteiger partial charge on any atom is -0.383 e. The van der Waals surface area contributed by atoms with Gasteiger partial charge in [-0.1, -0.05) is 27.2 Å². The molecule has 0 radical (unpaired) electrons. The molecular weight excluding hydrogens is 1130 g/mol. The molecule has 0 bridgehead atoms. The van der Waals surface area contributed by atoms with Gasteiger partial charge in [-0.2, -0.15) is 0 Å². The molecule has 7 aliphatic heterocycles. The molecule has 9 aliphatic rings. The Morgan fingerprint density at radius 1 is 0.374 bits per heavy atom. The molecule has 91 heavy (non-hydrogen) atoms. The maximum atomic E-state index is 5.58. The molecule has 0 amide bonds. The number of ether oxygens (including phenoxy) is 4. The highest BCUT2D eigenvalue weighted by Crippen LogP contribution is 2.29. The van der Waals surface area contributed by atoms with Gasteiger partial charge >= 0.3 is 0 Å². The Balaban J connectivity index is 0.000000362. The Hall–Kier alpha value is -0.640. The summed E-state index contributed by atoms with van der Waals surface area (Å²) < 4.78 is 21.0. The zero-order valence-corrected chi connectivity index (χ0v) is 65.0. The fraction of sp³-hybridized carbons (Fsp3) is 1.00. The SMILES string of the molecule is C.CC(C)(C)N1CCN(C2CCC2)CC1.CC(C)(C)N1CCN(C2CCC2)CC1.CC(C)(C)N1CCOCC1.CC(C)N1CCN(C(C)(C)C)CC1.CCN1CCN(C(C)(C)C)CC1.COCCN1CCN(C(C)(C)C)CC1.COC[C@@H]1CN(C(C)(C)C)CCO1. The Bertz CT molecular complexity index is 1750. The first-order chi connectivity index (χ1) is 41.8. The van der Waals surface area contributed by atoms with Gasteiger partial charge in [-0.3, -0.25) is 53.9 Å². The predicted molar refractivity (Wildman–Crippen MR) is 394 cm³/mol. The van der Waals surface area contributed by atoms with E-state index in [1.54, 1.807) is 14.2 Å². The van der Waals surface area contributed by atoms with Gasteiger partial charge in [0.25, 0.3) is 0 Å². The number of hydrogen-bond acceptors (Lipinski definition) is 16. The van der Waals surface area contributed by atoms with Gasteiger partial charge in [0.2, 0.25) is 0 Å². The number of piperazine rings is 5. The van der Waals surface area contributed by atoms with Crippen molar-refractivity contribution in [1.82, 2.24) is 58.8 Å². The van der Waals surface area contributed by atoms with E-state index in [2.05, 4.69) is 225 Å². The molecule has 1 atom stereocenters. The second kappa shape index (κ2) is 41.1. The minimum absolute atomic E-state index is 0. The number of hydrogen-bond donors (Lipinski definition) is 0. The Morgan fingerprint density at radius 3 is 0.956 bits per heavy atom. The van der Waals surface area contributed by atoms with Crippen molar-refractivity contribution in [3.05, 3.63) is 0 Å². The topological polar surface area (TPSA) is 75.8 Å². The molecular formula is C75H160N12O4. The average molecular weight is 1290 g/mol. The first-order valence-corrected chi connectivity index (χ1v) is 36.9. The lowest BCUT2D eigenvalue weighted by Crippen LogP contribution is -2.56. The van der Waals surface area contributed by atoms with E-state index in [4.69, 9.17) is 18.9 Å². The van der Waals surface area contributed by atoms with Crippen LogP contribution >= 0.6 is 0 Å². The molecule has 7 saturated heterocycles. The number of morpholine rings is 2. The molecule has 7 heterocycles. The van der Waals surface area contributed by atoms with Crippen LogP contribution in [0.3, 0.4) is 0 Å². The van der Waals surface area contributed by atoms with E-state index in [0.717, 1.165) is 71.2 Å². The zero-order valence-electron chi connectivity index (χ0n) is 65.0. The average Bonchev–Trinajstić information content (AvgIpc) is 1.34. The summed E-state index contributed by atoms with van der Waals surface area (Å²) in [6.07, 6.45) is 8.99. The summed E-state index contributed by atoms with van der Waals surface area (Å²) in [5.74, 6) is 0. The summed E-state index contributed by atoms with van der Waals surface area (Å²) in [7, 11) is 3.49. The molecule has 2 aliphatic carbocycles. The van der Waals surface area contributed by atoms with Crippen molar-refractivity contribution in [1.29, 1.82) is 0 Å². The fourth-order valence-electron chi connectivity index (χ4n) is 13.4. The Morgan fingerprint density at radius 2 is 0.681 bits per heavy atom. The lowest BCUT2D eigenvalue weighted by Gasteiger charge is -2.46. The maximum absolute atomic E-state index is 5.58. The third kappa shape index (κ3) is 33.7. The molecule has 0 unspecified atom stereocenters. The van der Waals surface area contributed by atoms with Crippen LogP contribution in [-0.4, -0.2) is 339 Å². The van der Waals surface area contributed by atoms with E-state index in [1.165, 1.54) is 176 Å². The summed E-state index contributed by atoms with van der Waals surface area (Å²) >= 11 is 0.